The van der Waals surface area contributed by atoms with E-state index in [2.05, 4.69) is 0 Å². The van der Waals surface area contributed by atoms with E-state index in [1.807, 2.05) is 0 Å². The van der Waals surface area contributed by atoms with Gasteiger partial charge in [0.15, 0.2) is 12.1 Å². The van der Waals surface area contributed by atoms with Gasteiger partial charge in [0, 0.05) is 6.66 Å². The van der Waals surface area contributed by atoms with Gasteiger partial charge in [0.05, 0.1) is 0 Å². The van der Waals surface area contributed by atoms with Crippen molar-refractivity contribution >= 4 is 19.2 Å². The summed E-state index contributed by atoms with van der Waals surface area (Å²) in [6.07, 6.45) is 0. The molecule has 3 nitrogen and oxygen atoms in total. The average molecular weight is 120 g/mol. The van der Waals surface area contributed by atoms with Crippen LogP contribution in [0.3, 0.4) is 0 Å². The summed E-state index contributed by atoms with van der Waals surface area (Å²) in [5, 5.41) is 0. The minimum atomic E-state index is -3.02. The van der Waals surface area contributed by atoms with Crippen LogP contribution in [0.25, 0.3) is 0 Å². The highest BCUT2D eigenvalue weighted by molar-refractivity contribution is 7.89. The van der Waals surface area contributed by atoms with E-state index in [1.165, 1.54) is 0 Å². The minimum Gasteiger partial charge on any atom is -0.308 e. The van der Waals surface area contributed by atoms with Crippen LogP contribution in [0.4, 0.5) is 0 Å². The maximum absolute atomic E-state index is 10.2. The zero-order chi connectivity index (χ0) is 5.91. The molecule has 0 amide bonds. The second-order valence-electron chi connectivity index (χ2n) is 1.27. The van der Waals surface area contributed by atoms with Crippen LogP contribution in [-0.4, -0.2) is 18.7 Å². The third-order valence-corrected chi connectivity index (χ3v) is 1.26. The lowest BCUT2D eigenvalue weighted by atomic mass is 11.8. The molecule has 0 N–H and O–H groups in total. The predicted molar refractivity (Wildman–Crippen MR) is 27.0 cm³/mol. The van der Waals surface area contributed by atoms with Crippen LogP contribution in [0.15, 0.2) is 0 Å². The summed E-state index contributed by atoms with van der Waals surface area (Å²) in [6, 6.07) is 0.361. The third-order valence-electron chi connectivity index (χ3n) is 0.419. The first-order valence-corrected chi connectivity index (χ1v) is 3.91. The lowest BCUT2D eigenvalue weighted by molar-refractivity contribution is 0.547. The predicted octanol–water partition coefficient (Wildman–Crippen LogP) is 0.360. The number of hydrogen-bond acceptors (Lipinski definition) is 3. The van der Waals surface area contributed by atoms with Crippen molar-refractivity contribution in [3.8, 4) is 0 Å². The van der Waals surface area contributed by atoms with E-state index in [0.717, 1.165) is 6.66 Å². The lowest BCUT2D eigenvalue weighted by Gasteiger charge is -1.84. The molecule has 0 radical (unpaired) electrons. The molecule has 0 aromatic carbocycles. The third kappa shape index (κ3) is 2.29. The van der Waals surface area contributed by atoms with Gasteiger partial charge in [-0.3, -0.25) is 9.59 Å². The second kappa shape index (κ2) is 2.03. The van der Waals surface area contributed by atoms with Gasteiger partial charge in [-0.15, -0.1) is 0 Å². The molecule has 7 heavy (non-hydrogen) atoms. The summed E-state index contributed by atoms with van der Waals surface area (Å²) in [5.41, 5.74) is 0. The van der Waals surface area contributed by atoms with Gasteiger partial charge < -0.3 is 4.57 Å². The monoisotopic (exact) mass is 120 g/mol. The molecular formula is C3H5O3P. The first-order valence-electron chi connectivity index (χ1n) is 1.62. The Morgan fingerprint density at radius 1 is 1.29 bits per heavy atom. The van der Waals surface area contributed by atoms with Crippen molar-refractivity contribution in [1.82, 2.24) is 0 Å². The van der Waals surface area contributed by atoms with E-state index in [1.54, 1.807) is 0 Å². The highest BCUT2D eigenvalue weighted by atomic mass is 31.2. The highest BCUT2D eigenvalue weighted by Crippen LogP contribution is 2.31. The molecule has 0 aliphatic carbocycles. The molecule has 0 saturated heterocycles. The van der Waals surface area contributed by atoms with E-state index < -0.39 is 7.14 Å². The molecule has 0 aromatic rings. The molecule has 0 bridgehead atoms. The van der Waals surface area contributed by atoms with Gasteiger partial charge in [-0.25, -0.2) is 0 Å². The Labute approximate surface area is 41.1 Å². The molecule has 0 unspecified atom stereocenters. The Bertz CT molecular complexity index is 116. The van der Waals surface area contributed by atoms with Crippen LogP contribution < -0.4 is 0 Å². The molecule has 4 heteroatoms. The Kier molecular flexibility index (Phi) is 1.91. The molecule has 0 fully saturated rings. The second-order valence-corrected chi connectivity index (χ2v) is 3.81. The summed E-state index contributed by atoms with van der Waals surface area (Å²) in [7, 11) is -3.02. The number of rotatable bonds is 2. The van der Waals surface area contributed by atoms with Crippen molar-refractivity contribution in [3.63, 3.8) is 0 Å². The molecule has 0 heterocycles. The first-order chi connectivity index (χ1) is 3.12. The number of hydrogen-bond donors (Lipinski definition) is 0. The van der Waals surface area contributed by atoms with Gasteiger partial charge in [-0.1, -0.05) is 0 Å². The number of carbonyl (C=O) groups excluding carboxylic acids is 2. The molecular weight excluding hydrogens is 115 g/mol. The van der Waals surface area contributed by atoms with Crippen LogP contribution in [0.1, 0.15) is 0 Å². The van der Waals surface area contributed by atoms with Gasteiger partial charge in [-0.05, 0) is 0 Å². The molecule has 0 aromatic heterocycles. The summed E-state index contributed by atoms with van der Waals surface area (Å²) in [4.78, 5) is 19.1. The lowest BCUT2D eigenvalue weighted by Crippen LogP contribution is -1.77. The van der Waals surface area contributed by atoms with Crippen molar-refractivity contribution < 1.29 is 14.2 Å². The zero-order valence-electron chi connectivity index (χ0n) is 3.83. The minimum absolute atomic E-state index is 0.181. The van der Waals surface area contributed by atoms with Gasteiger partial charge in [-0.2, -0.15) is 0 Å². The van der Waals surface area contributed by atoms with Crippen molar-refractivity contribution in [2.75, 3.05) is 6.66 Å². The molecule has 0 atom stereocenters. The summed E-state index contributed by atoms with van der Waals surface area (Å²) >= 11 is 0. The smallest absolute Gasteiger partial charge is 0.202 e. The van der Waals surface area contributed by atoms with E-state index in [4.69, 9.17) is 0 Å². The van der Waals surface area contributed by atoms with Crippen molar-refractivity contribution in [2.45, 2.75) is 0 Å². The average Bonchev–Trinajstić information content (AvgIpc) is 1.68. The van der Waals surface area contributed by atoms with Gasteiger partial charge in [0.25, 0.3) is 0 Å². The standard InChI is InChI=1S/C3H5O3P/c1-7(6,2-4)3-5/h2-3H,1H3. The summed E-state index contributed by atoms with van der Waals surface area (Å²) in [5.74, 6) is 0. The molecule has 0 aliphatic rings. The molecule has 40 valence electrons. The zero-order valence-corrected chi connectivity index (χ0v) is 4.72. The maximum atomic E-state index is 10.2. The Balaban J connectivity index is 4.13. The van der Waals surface area contributed by atoms with Crippen molar-refractivity contribution in [1.29, 1.82) is 0 Å². The topological polar surface area (TPSA) is 51.2 Å². The van der Waals surface area contributed by atoms with Crippen LogP contribution in [-0.2, 0) is 14.2 Å². The van der Waals surface area contributed by atoms with Gasteiger partial charge >= 0.3 is 0 Å². The van der Waals surface area contributed by atoms with E-state index in [0.29, 0.717) is 0 Å². The summed E-state index contributed by atoms with van der Waals surface area (Å²) < 4.78 is 10.2. The quantitative estimate of drug-likeness (QED) is 0.390. The van der Waals surface area contributed by atoms with Gasteiger partial charge in [0.1, 0.15) is 0 Å². The SMILES string of the molecule is CP(=O)(C=O)C=O. The fourth-order valence-electron chi connectivity index (χ4n) is 0.0248. The molecule has 0 spiro atoms. The van der Waals surface area contributed by atoms with Crippen molar-refractivity contribution in [3.05, 3.63) is 0 Å². The molecule has 0 aliphatic heterocycles. The number of carbonyl (C=O) groups is 2. The largest absolute Gasteiger partial charge is 0.308 e. The van der Waals surface area contributed by atoms with Crippen molar-refractivity contribution in [2.24, 2.45) is 0 Å². The van der Waals surface area contributed by atoms with E-state index in [-0.39, 0.29) is 12.1 Å². The Hall–Kier alpha value is -0.430. The Morgan fingerprint density at radius 2 is 1.57 bits per heavy atom. The van der Waals surface area contributed by atoms with Crippen LogP contribution in [0.2, 0.25) is 0 Å². The molecule has 0 saturated carbocycles. The van der Waals surface area contributed by atoms with Crippen LogP contribution >= 0.6 is 7.14 Å². The fraction of sp³-hybridized carbons (Fsp3) is 0.333. The maximum Gasteiger partial charge on any atom is 0.202 e. The Morgan fingerprint density at radius 3 is 1.57 bits per heavy atom. The normalized spacial score (nSPS) is 10.4. The van der Waals surface area contributed by atoms with E-state index in [9.17, 15) is 14.2 Å². The fourth-order valence-corrected chi connectivity index (χ4v) is 0.0745. The highest BCUT2D eigenvalue weighted by Gasteiger charge is 2.08. The van der Waals surface area contributed by atoms with Crippen LogP contribution in [0, 0.1) is 0 Å². The summed E-state index contributed by atoms with van der Waals surface area (Å²) in [6.45, 7) is 1.12. The van der Waals surface area contributed by atoms with E-state index >= 15 is 0 Å². The van der Waals surface area contributed by atoms with Gasteiger partial charge in [0.2, 0.25) is 7.14 Å². The molecule has 0 rings (SSSR count). The van der Waals surface area contributed by atoms with Crippen LogP contribution in [0.5, 0.6) is 0 Å². The first kappa shape index (κ1) is 6.57.